The molecule has 7 heteroatoms. The lowest BCUT2D eigenvalue weighted by molar-refractivity contribution is -0.385. The Labute approximate surface area is 102 Å². The lowest BCUT2D eigenvalue weighted by Gasteiger charge is -2.05. The lowest BCUT2D eigenvalue weighted by Crippen LogP contribution is -2.08. The van der Waals surface area contributed by atoms with E-state index in [1.54, 1.807) is 12.1 Å². The van der Waals surface area contributed by atoms with Gasteiger partial charge in [-0.2, -0.15) is 0 Å². The molecule has 18 heavy (non-hydrogen) atoms. The number of ether oxygens (including phenoxy) is 1. The van der Waals surface area contributed by atoms with Gasteiger partial charge in [-0.3, -0.25) is 14.9 Å². The minimum atomic E-state index is -0.572. The second-order valence-electron chi connectivity index (χ2n) is 3.51. The zero-order chi connectivity index (χ0) is 13.1. The highest BCUT2D eigenvalue weighted by Crippen LogP contribution is 2.25. The number of carbonyl (C=O) groups excluding carboxylic acids is 1. The fraction of sp³-hybridized carbons (Fsp3) is 0.182. The largest absolute Gasteiger partial charge is 0.469 e. The average Bonchev–Trinajstić information content (AvgIpc) is 2.38. The minimum absolute atomic E-state index is 0.183. The van der Waals surface area contributed by atoms with Gasteiger partial charge in [-0.15, -0.1) is 0 Å². The van der Waals surface area contributed by atoms with E-state index in [0.717, 1.165) is 6.20 Å². The first-order valence-corrected chi connectivity index (χ1v) is 5.07. The first-order chi connectivity index (χ1) is 8.63. The number of methoxy groups -OCH3 is 1. The Morgan fingerprint density at radius 2 is 2.28 bits per heavy atom. The second kappa shape index (κ2) is 4.74. The lowest BCUT2D eigenvalue weighted by atomic mass is 10.1. The summed E-state index contributed by atoms with van der Waals surface area (Å²) in [5.74, 6) is -0.547. The van der Waals surface area contributed by atoms with E-state index in [1.165, 1.54) is 13.3 Å². The maximum atomic E-state index is 11.3. The third-order valence-electron chi connectivity index (χ3n) is 2.48. The molecule has 0 unspecified atom stereocenters. The molecular weight excluding hydrogens is 238 g/mol. The topological polar surface area (TPSA) is 95.2 Å². The van der Waals surface area contributed by atoms with Crippen molar-refractivity contribution in [2.75, 3.05) is 7.11 Å². The Kier molecular flexibility index (Phi) is 3.13. The highest BCUT2D eigenvalue weighted by molar-refractivity contribution is 5.87. The predicted molar refractivity (Wildman–Crippen MR) is 61.9 cm³/mol. The van der Waals surface area contributed by atoms with E-state index in [2.05, 4.69) is 14.7 Å². The summed E-state index contributed by atoms with van der Waals surface area (Å²) in [7, 11) is 1.23. The third-order valence-corrected chi connectivity index (χ3v) is 2.48. The highest BCUT2D eigenvalue weighted by atomic mass is 16.6. The number of hydrogen-bond donors (Lipinski definition) is 0. The van der Waals surface area contributed by atoms with Crippen molar-refractivity contribution in [2.24, 2.45) is 0 Å². The van der Waals surface area contributed by atoms with E-state index in [-0.39, 0.29) is 17.7 Å². The van der Waals surface area contributed by atoms with Gasteiger partial charge in [0.2, 0.25) is 0 Å². The number of fused-ring (bicyclic) bond motifs is 1. The number of carbonyl (C=O) groups is 1. The van der Waals surface area contributed by atoms with Crippen LogP contribution in [0.15, 0.2) is 24.5 Å². The van der Waals surface area contributed by atoms with Crippen LogP contribution < -0.4 is 0 Å². The molecule has 0 saturated heterocycles. The molecule has 0 bridgehead atoms. The second-order valence-corrected chi connectivity index (χ2v) is 3.51. The maximum Gasteiger partial charge on any atom is 0.310 e. The molecule has 7 nitrogen and oxygen atoms in total. The smallest absolute Gasteiger partial charge is 0.310 e. The van der Waals surface area contributed by atoms with Gasteiger partial charge in [0.25, 0.3) is 5.69 Å². The van der Waals surface area contributed by atoms with E-state index >= 15 is 0 Å². The Balaban J connectivity index is 2.66. The fourth-order valence-electron chi connectivity index (χ4n) is 1.63. The van der Waals surface area contributed by atoms with Gasteiger partial charge in [0.15, 0.2) is 5.65 Å². The van der Waals surface area contributed by atoms with Crippen LogP contribution in [0.5, 0.6) is 0 Å². The first kappa shape index (κ1) is 11.9. The van der Waals surface area contributed by atoms with Crippen molar-refractivity contribution in [1.29, 1.82) is 0 Å². The Hall–Kier alpha value is -2.57. The molecule has 0 aliphatic rings. The monoisotopic (exact) mass is 247 g/mol. The molecule has 2 rings (SSSR count). The molecule has 92 valence electrons. The van der Waals surface area contributed by atoms with E-state index in [0.29, 0.717) is 11.0 Å². The van der Waals surface area contributed by atoms with Gasteiger partial charge in [0, 0.05) is 11.6 Å². The van der Waals surface area contributed by atoms with Crippen molar-refractivity contribution >= 4 is 22.7 Å². The van der Waals surface area contributed by atoms with Crippen molar-refractivity contribution in [3.63, 3.8) is 0 Å². The summed E-state index contributed by atoms with van der Waals surface area (Å²) >= 11 is 0. The van der Waals surface area contributed by atoms with Crippen LogP contribution in [0.2, 0.25) is 0 Å². The zero-order valence-corrected chi connectivity index (χ0v) is 9.49. The van der Waals surface area contributed by atoms with Crippen LogP contribution in [-0.2, 0) is 16.0 Å². The summed E-state index contributed by atoms with van der Waals surface area (Å²) in [5, 5.41) is 11.4. The number of nitro groups is 1. The summed E-state index contributed by atoms with van der Waals surface area (Å²) in [6.45, 7) is 0. The van der Waals surface area contributed by atoms with Crippen LogP contribution in [-0.4, -0.2) is 28.0 Å². The number of pyridine rings is 2. The van der Waals surface area contributed by atoms with Gasteiger partial charge in [-0.05, 0) is 12.1 Å². The van der Waals surface area contributed by atoms with Gasteiger partial charge in [0.1, 0.15) is 6.20 Å². The molecule has 0 N–H and O–H groups in total. The van der Waals surface area contributed by atoms with Crippen LogP contribution in [0.25, 0.3) is 11.0 Å². The van der Waals surface area contributed by atoms with Gasteiger partial charge in [0.05, 0.1) is 24.0 Å². The molecule has 0 radical (unpaired) electrons. The van der Waals surface area contributed by atoms with Gasteiger partial charge < -0.3 is 4.74 Å². The SMILES string of the molecule is COC(=O)Cc1c([N+](=O)[O-])cnc2ncccc12. The Bertz CT molecular complexity index is 627. The van der Waals surface area contributed by atoms with Gasteiger partial charge in [-0.25, -0.2) is 9.97 Å². The van der Waals surface area contributed by atoms with Crippen LogP contribution in [0, 0.1) is 10.1 Å². The minimum Gasteiger partial charge on any atom is -0.469 e. The molecule has 2 heterocycles. The van der Waals surface area contributed by atoms with Crippen LogP contribution in [0.4, 0.5) is 5.69 Å². The number of aromatic nitrogens is 2. The number of nitrogens with zero attached hydrogens (tertiary/aromatic N) is 3. The van der Waals surface area contributed by atoms with E-state index in [9.17, 15) is 14.9 Å². The number of hydrogen-bond acceptors (Lipinski definition) is 6. The van der Waals surface area contributed by atoms with Crippen LogP contribution in [0.1, 0.15) is 5.56 Å². The quantitative estimate of drug-likeness (QED) is 0.460. The van der Waals surface area contributed by atoms with Crippen LogP contribution >= 0.6 is 0 Å². The Morgan fingerprint density at radius 3 is 2.94 bits per heavy atom. The molecule has 2 aromatic heterocycles. The fourth-order valence-corrected chi connectivity index (χ4v) is 1.63. The van der Waals surface area contributed by atoms with Crippen LogP contribution in [0.3, 0.4) is 0 Å². The molecule has 0 atom stereocenters. The molecule has 2 aromatic rings. The molecule has 0 aromatic carbocycles. The van der Waals surface area contributed by atoms with Crippen molar-refractivity contribution in [2.45, 2.75) is 6.42 Å². The molecular formula is C11H9N3O4. The van der Waals surface area contributed by atoms with Crippen molar-refractivity contribution in [3.05, 3.63) is 40.2 Å². The molecule has 0 aliphatic heterocycles. The van der Waals surface area contributed by atoms with Gasteiger partial charge >= 0.3 is 5.97 Å². The number of esters is 1. The molecule has 0 amide bonds. The maximum absolute atomic E-state index is 11.3. The summed E-state index contributed by atoms with van der Waals surface area (Å²) in [5.41, 5.74) is 0.424. The molecule has 0 saturated carbocycles. The van der Waals surface area contributed by atoms with E-state index in [4.69, 9.17) is 0 Å². The summed E-state index contributed by atoms with van der Waals surface area (Å²) in [6, 6.07) is 3.27. The highest BCUT2D eigenvalue weighted by Gasteiger charge is 2.20. The summed E-state index contributed by atoms with van der Waals surface area (Å²) < 4.78 is 4.54. The summed E-state index contributed by atoms with van der Waals surface area (Å²) in [6.07, 6.45) is 2.45. The zero-order valence-electron chi connectivity index (χ0n) is 9.49. The summed E-state index contributed by atoms with van der Waals surface area (Å²) in [4.78, 5) is 29.6. The standard InChI is InChI=1S/C11H9N3O4/c1-18-10(15)5-8-7-3-2-4-12-11(7)13-6-9(8)14(16)17/h2-4,6H,5H2,1H3. The average molecular weight is 247 g/mol. The molecule has 0 fully saturated rings. The number of rotatable bonds is 3. The molecule has 0 aliphatic carbocycles. The van der Waals surface area contributed by atoms with Crippen molar-refractivity contribution in [1.82, 2.24) is 9.97 Å². The third kappa shape index (κ3) is 2.10. The van der Waals surface area contributed by atoms with Gasteiger partial charge in [-0.1, -0.05) is 0 Å². The van der Waals surface area contributed by atoms with E-state index in [1.807, 2.05) is 0 Å². The Morgan fingerprint density at radius 1 is 1.50 bits per heavy atom. The first-order valence-electron chi connectivity index (χ1n) is 5.07. The van der Waals surface area contributed by atoms with Crippen molar-refractivity contribution in [3.8, 4) is 0 Å². The molecule has 0 spiro atoms. The van der Waals surface area contributed by atoms with Crippen molar-refractivity contribution < 1.29 is 14.5 Å². The van der Waals surface area contributed by atoms with E-state index < -0.39 is 10.9 Å². The predicted octanol–water partition coefficient (Wildman–Crippen LogP) is 1.25. The normalized spacial score (nSPS) is 10.3.